The summed E-state index contributed by atoms with van der Waals surface area (Å²) in [5, 5.41) is 7.96. The Kier molecular flexibility index (Phi) is 7.56. The van der Waals surface area contributed by atoms with E-state index in [4.69, 9.17) is 4.74 Å². The second-order valence-corrected chi connectivity index (χ2v) is 6.14. The zero-order valence-electron chi connectivity index (χ0n) is 12.0. The number of methoxy groups -OCH3 is 1. The summed E-state index contributed by atoms with van der Waals surface area (Å²) in [5.74, 6) is 0. The van der Waals surface area contributed by atoms with Crippen LogP contribution in [0.5, 0.6) is 0 Å². The first-order valence-electron chi connectivity index (χ1n) is 6.91. The molecule has 0 bridgehead atoms. The van der Waals surface area contributed by atoms with Crippen molar-refractivity contribution in [3.05, 3.63) is 22.4 Å². The number of hydrogen-bond donors (Lipinski definition) is 1. The predicted molar refractivity (Wildman–Crippen MR) is 80.4 cm³/mol. The first-order chi connectivity index (χ1) is 8.70. The van der Waals surface area contributed by atoms with Gasteiger partial charge in [-0.15, -0.1) is 0 Å². The van der Waals surface area contributed by atoms with E-state index in [0.717, 1.165) is 19.7 Å². The van der Waals surface area contributed by atoms with Crippen LogP contribution in [0.2, 0.25) is 0 Å². The summed E-state index contributed by atoms with van der Waals surface area (Å²) < 4.78 is 5.07. The van der Waals surface area contributed by atoms with Crippen LogP contribution in [0.3, 0.4) is 0 Å². The molecule has 0 saturated carbocycles. The standard InChI is InChI=1S/C15H27NOS/c1-4-7-15(2,13-16-9-10-17-3)8-5-14-6-11-18-12-14/h6,11-12,16H,4-5,7-10,13H2,1-3H3. The van der Waals surface area contributed by atoms with Gasteiger partial charge in [0, 0.05) is 20.2 Å². The first kappa shape index (κ1) is 15.7. The summed E-state index contributed by atoms with van der Waals surface area (Å²) in [5.41, 5.74) is 1.89. The summed E-state index contributed by atoms with van der Waals surface area (Å²) in [6, 6.07) is 2.25. The third-order valence-corrected chi connectivity index (χ3v) is 4.22. The Hall–Kier alpha value is -0.380. The van der Waals surface area contributed by atoms with E-state index in [2.05, 4.69) is 36.0 Å². The number of nitrogens with one attached hydrogen (secondary N) is 1. The van der Waals surface area contributed by atoms with E-state index >= 15 is 0 Å². The van der Waals surface area contributed by atoms with E-state index in [1.165, 1.54) is 31.2 Å². The Morgan fingerprint density at radius 2 is 2.22 bits per heavy atom. The lowest BCUT2D eigenvalue weighted by Crippen LogP contribution is -2.34. The monoisotopic (exact) mass is 269 g/mol. The van der Waals surface area contributed by atoms with Gasteiger partial charge in [0.2, 0.25) is 0 Å². The van der Waals surface area contributed by atoms with Gasteiger partial charge in [-0.3, -0.25) is 0 Å². The Morgan fingerprint density at radius 1 is 1.39 bits per heavy atom. The Labute approximate surface area is 116 Å². The number of hydrogen-bond acceptors (Lipinski definition) is 3. The lowest BCUT2D eigenvalue weighted by Gasteiger charge is -2.30. The van der Waals surface area contributed by atoms with Gasteiger partial charge in [-0.05, 0) is 47.1 Å². The predicted octanol–water partition coefficient (Wildman–Crippen LogP) is 3.72. The van der Waals surface area contributed by atoms with E-state index < -0.39 is 0 Å². The number of thiophene rings is 1. The molecule has 2 nitrogen and oxygen atoms in total. The highest BCUT2D eigenvalue weighted by atomic mass is 32.1. The molecule has 1 atom stereocenters. The van der Waals surface area contributed by atoms with Crippen LogP contribution < -0.4 is 5.32 Å². The summed E-state index contributed by atoms with van der Waals surface area (Å²) in [6.45, 7) is 7.52. The van der Waals surface area contributed by atoms with Crippen molar-refractivity contribution < 1.29 is 4.74 Å². The van der Waals surface area contributed by atoms with E-state index in [0.29, 0.717) is 5.41 Å². The summed E-state index contributed by atoms with van der Waals surface area (Å²) in [4.78, 5) is 0. The van der Waals surface area contributed by atoms with Crippen LogP contribution in [0.25, 0.3) is 0 Å². The molecule has 1 aromatic rings. The molecule has 0 saturated heterocycles. The van der Waals surface area contributed by atoms with Crippen molar-refractivity contribution in [2.45, 2.75) is 39.5 Å². The molecular formula is C15H27NOS. The molecule has 104 valence electrons. The minimum Gasteiger partial charge on any atom is -0.383 e. The largest absolute Gasteiger partial charge is 0.383 e. The van der Waals surface area contributed by atoms with Gasteiger partial charge in [0.05, 0.1) is 6.61 Å². The molecule has 0 amide bonds. The van der Waals surface area contributed by atoms with Crippen LogP contribution >= 0.6 is 11.3 Å². The maximum absolute atomic E-state index is 5.07. The van der Waals surface area contributed by atoms with Gasteiger partial charge in [-0.25, -0.2) is 0 Å². The van der Waals surface area contributed by atoms with Crippen LogP contribution in [-0.2, 0) is 11.2 Å². The fraction of sp³-hybridized carbons (Fsp3) is 0.733. The lowest BCUT2D eigenvalue weighted by molar-refractivity contribution is 0.187. The molecule has 1 aromatic heterocycles. The average molecular weight is 269 g/mol. The molecule has 1 heterocycles. The molecule has 0 aromatic carbocycles. The van der Waals surface area contributed by atoms with Crippen LogP contribution in [0.1, 0.15) is 38.7 Å². The van der Waals surface area contributed by atoms with E-state index in [9.17, 15) is 0 Å². The molecule has 1 rings (SSSR count). The van der Waals surface area contributed by atoms with Gasteiger partial charge in [-0.2, -0.15) is 11.3 Å². The van der Waals surface area contributed by atoms with Gasteiger partial charge >= 0.3 is 0 Å². The van der Waals surface area contributed by atoms with Crippen molar-refractivity contribution in [2.75, 3.05) is 26.8 Å². The topological polar surface area (TPSA) is 21.3 Å². The second-order valence-electron chi connectivity index (χ2n) is 5.36. The summed E-state index contributed by atoms with van der Waals surface area (Å²) in [7, 11) is 1.75. The highest BCUT2D eigenvalue weighted by Crippen LogP contribution is 2.29. The first-order valence-corrected chi connectivity index (χ1v) is 7.85. The molecule has 0 radical (unpaired) electrons. The molecule has 3 heteroatoms. The smallest absolute Gasteiger partial charge is 0.0587 e. The number of aryl methyl sites for hydroxylation is 1. The fourth-order valence-electron chi connectivity index (χ4n) is 2.35. The second kappa shape index (κ2) is 8.68. The third-order valence-electron chi connectivity index (χ3n) is 3.49. The van der Waals surface area contributed by atoms with Gasteiger partial charge in [-0.1, -0.05) is 20.3 Å². The molecular weight excluding hydrogens is 242 g/mol. The van der Waals surface area contributed by atoms with Crippen molar-refractivity contribution in [2.24, 2.45) is 5.41 Å². The van der Waals surface area contributed by atoms with Crippen LogP contribution in [0.4, 0.5) is 0 Å². The average Bonchev–Trinajstić information content (AvgIpc) is 2.86. The molecule has 0 spiro atoms. The van der Waals surface area contributed by atoms with Crippen LogP contribution in [0.15, 0.2) is 16.8 Å². The molecule has 18 heavy (non-hydrogen) atoms. The number of ether oxygens (including phenoxy) is 1. The SMILES string of the molecule is CCCC(C)(CCc1ccsc1)CNCCOC. The van der Waals surface area contributed by atoms with E-state index in [1.54, 1.807) is 18.4 Å². The molecule has 0 aliphatic carbocycles. The normalized spacial score (nSPS) is 14.6. The lowest BCUT2D eigenvalue weighted by atomic mass is 9.80. The van der Waals surface area contributed by atoms with Crippen molar-refractivity contribution in [3.8, 4) is 0 Å². The summed E-state index contributed by atoms with van der Waals surface area (Å²) in [6.07, 6.45) is 5.01. The van der Waals surface area contributed by atoms with Crippen molar-refractivity contribution in [1.29, 1.82) is 0 Å². The molecule has 1 unspecified atom stereocenters. The molecule has 1 N–H and O–H groups in total. The van der Waals surface area contributed by atoms with Crippen molar-refractivity contribution in [1.82, 2.24) is 5.32 Å². The Morgan fingerprint density at radius 3 is 2.83 bits per heavy atom. The Bertz CT molecular complexity index is 299. The van der Waals surface area contributed by atoms with Crippen LogP contribution in [0, 0.1) is 5.41 Å². The summed E-state index contributed by atoms with van der Waals surface area (Å²) >= 11 is 1.80. The molecule has 0 fully saturated rings. The minimum atomic E-state index is 0.407. The van der Waals surface area contributed by atoms with Gasteiger partial charge in [0.15, 0.2) is 0 Å². The third kappa shape index (κ3) is 5.98. The number of rotatable bonds is 10. The molecule has 0 aliphatic rings. The fourth-order valence-corrected chi connectivity index (χ4v) is 3.05. The highest BCUT2D eigenvalue weighted by Gasteiger charge is 2.22. The maximum atomic E-state index is 5.07. The van der Waals surface area contributed by atoms with Gasteiger partial charge in [0.25, 0.3) is 0 Å². The molecule has 0 aliphatic heterocycles. The van der Waals surface area contributed by atoms with E-state index in [-0.39, 0.29) is 0 Å². The maximum Gasteiger partial charge on any atom is 0.0587 e. The van der Waals surface area contributed by atoms with Gasteiger partial charge < -0.3 is 10.1 Å². The zero-order chi connectivity index (χ0) is 13.3. The Balaban J connectivity index is 2.35. The van der Waals surface area contributed by atoms with Gasteiger partial charge in [0.1, 0.15) is 0 Å². The van der Waals surface area contributed by atoms with Crippen LogP contribution in [-0.4, -0.2) is 26.8 Å². The van der Waals surface area contributed by atoms with E-state index in [1.807, 2.05) is 0 Å². The highest BCUT2D eigenvalue weighted by molar-refractivity contribution is 7.07. The van der Waals surface area contributed by atoms with Crippen molar-refractivity contribution >= 4 is 11.3 Å². The minimum absolute atomic E-state index is 0.407. The van der Waals surface area contributed by atoms with Crippen molar-refractivity contribution in [3.63, 3.8) is 0 Å². The quantitative estimate of drug-likeness (QED) is 0.654. The zero-order valence-corrected chi connectivity index (χ0v) is 12.8.